The van der Waals surface area contributed by atoms with E-state index in [1.54, 1.807) is 4.90 Å². The van der Waals surface area contributed by atoms with Gasteiger partial charge in [-0.25, -0.2) is 9.78 Å². The van der Waals surface area contributed by atoms with Crippen molar-refractivity contribution < 1.29 is 9.90 Å². The standard InChI is InChI=1S/C14H14BrN3O2/c1-17-10-6-7-2-4-9(18(7)14(19)20)12(10)8-3-5-11(15)16-13(8)17/h3,5,7,9H,2,4,6H2,1H3,(H,19,20). The van der Waals surface area contributed by atoms with Gasteiger partial charge in [0.15, 0.2) is 0 Å². The van der Waals surface area contributed by atoms with Crippen LogP contribution in [0.15, 0.2) is 16.7 Å². The first-order valence-corrected chi connectivity index (χ1v) is 7.52. The van der Waals surface area contributed by atoms with E-state index in [1.807, 2.05) is 19.2 Å². The molecule has 2 atom stereocenters. The third-order valence-electron chi connectivity index (χ3n) is 4.65. The number of fused-ring (bicyclic) bond motifs is 6. The lowest BCUT2D eigenvalue weighted by Crippen LogP contribution is -2.41. The van der Waals surface area contributed by atoms with Gasteiger partial charge in [-0.15, -0.1) is 0 Å². The highest BCUT2D eigenvalue weighted by atomic mass is 79.9. The fourth-order valence-electron chi connectivity index (χ4n) is 3.85. The zero-order chi connectivity index (χ0) is 14.0. The summed E-state index contributed by atoms with van der Waals surface area (Å²) in [5, 5.41) is 10.5. The summed E-state index contributed by atoms with van der Waals surface area (Å²) < 4.78 is 2.93. The Balaban J connectivity index is 2.00. The highest BCUT2D eigenvalue weighted by Crippen LogP contribution is 2.47. The zero-order valence-electron chi connectivity index (χ0n) is 11.0. The maximum absolute atomic E-state index is 11.5. The number of aryl methyl sites for hydroxylation is 1. The topological polar surface area (TPSA) is 58.4 Å². The predicted molar refractivity (Wildman–Crippen MR) is 77.7 cm³/mol. The van der Waals surface area contributed by atoms with Gasteiger partial charge in [0, 0.05) is 36.2 Å². The van der Waals surface area contributed by atoms with Crippen LogP contribution in [0.4, 0.5) is 4.79 Å². The van der Waals surface area contributed by atoms with Crippen molar-refractivity contribution >= 4 is 33.1 Å². The number of pyridine rings is 1. The first-order chi connectivity index (χ1) is 9.58. The van der Waals surface area contributed by atoms with Crippen LogP contribution in [0.25, 0.3) is 11.0 Å². The maximum Gasteiger partial charge on any atom is 0.408 e. The molecule has 2 bridgehead atoms. The van der Waals surface area contributed by atoms with E-state index >= 15 is 0 Å². The molecule has 104 valence electrons. The molecule has 0 aromatic carbocycles. The molecule has 2 unspecified atom stereocenters. The van der Waals surface area contributed by atoms with Gasteiger partial charge < -0.3 is 9.67 Å². The molecular weight excluding hydrogens is 322 g/mol. The summed E-state index contributed by atoms with van der Waals surface area (Å²) >= 11 is 3.41. The molecule has 4 heterocycles. The molecule has 1 N–H and O–H groups in total. The van der Waals surface area contributed by atoms with Crippen molar-refractivity contribution in [3.63, 3.8) is 0 Å². The number of hydrogen-bond acceptors (Lipinski definition) is 2. The molecule has 2 aliphatic rings. The van der Waals surface area contributed by atoms with Crippen LogP contribution < -0.4 is 0 Å². The second-order valence-corrected chi connectivity index (χ2v) is 6.38. The Hall–Kier alpha value is -1.56. The van der Waals surface area contributed by atoms with Crippen molar-refractivity contribution in [3.05, 3.63) is 28.0 Å². The minimum absolute atomic E-state index is 0.00655. The quantitative estimate of drug-likeness (QED) is 0.752. The first-order valence-electron chi connectivity index (χ1n) is 6.73. The molecule has 0 spiro atoms. The van der Waals surface area contributed by atoms with Crippen LogP contribution in [0.2, 0.25) is 0 Å². The summed E-state index contributed by atoms with van der Waals surface area (Å²) in [5.74, 6) is 0. The van der Waals surface area contributed by atoms with Crippen molar-refractivity contribution in [1.29, 1.82) is 0 Å². The number of amides is 1. The Morgan fingerprint density at radius 3 is 3.00 bits per heavy atom. The third kappa shape index (κ3) is 1.43. The van der Waals surface area contributed by atoms with Gasteiger partial charge in [-0.3, -0.25) is 4.90 Å². The van der Waals surface area contributed by atoms with Crippen LogP contribution >= 0.6 is 15.9 Å². The average Bonchev–Trinajstić information content (AvgIpc) is 2.87. The van der Waals surface area contributed by atoms with Crippen molar-refractivity contribution in [1.82, 2.24) is 14.5 Å². The van der Waals surface area contributed by atoms with Crippen molar-refractivity contribution in [2.45, 2.75) is 31.3 Å². The summed E-state index contributed by atoms with van der Waals surface area (Å²) in [6, 6.07) is 4.09. The number of aromatic nitrogens is 2. The van der Waals surface area contributed by atoms with E-state index in [2.05, 4.69) is 25.5 Å². The molecular formula is C14H14BrN3O2. The molecule has 2 aromatic heterocycles. The molecule has 0 radical (unpaired) electrons. The van der Waals surface area contributed by atoms with Crippen molar-refractivity contribution in [2.24, 2.45) is 7.05 Å². The number of hydrogen-bond donors (Lipinski definition) is 1. The molecule has 20 heavy (non-hydrogen) atoms. The van der Waals surface area contributed by atoms with E-state index in [-0.39, 0.29) is 12.1 Å². The lowest BCUT2D eigenvalue weighted by atomic mass is 9.98. The summed E-state index contributed by atoms with van der Waals surface area (Å²) in [5.41, 5.74) is 3.34. The van der Waals surface area contributed by atoms with Crippen LogP contribution in [-0.2, 0) is 13.5 Å². The smallest absolute Gasteiger partial charge is 0.408 e. The van der Waals surface area contributed by atoms with E-state index in [0.29, 0.717) is 0 Å². The maximum atomic E-state index is 11.5. The minimum Gasteiger partial charge on any atom is -0.465 e. The van der Waals surface area contributed by atoms with Crippen LogP contribution in [0.3, 0.4) is 0 Å². The molecule has 2 aliphatic heterocycles. The van der Waals surface area contributed by atoms with Gasteiger partial charge >= 0.3 is 6.09 Å². The Kier molecular flexibility index (Phi) is 2.42. The van der Waals surface area contributed by atoms with E-state index in [9.17, 15) is 9.90 Å². The number of carbonyl (C=O) groups is 1. The first kappa shape index (κ1) is 12.2. The molecule has 4 rings (SSSR count). The van der Waals surface area contributed by atoms with Crippen molar-refractivity contribution in [3.8, 4) is 0 Å². The highest BCUT2D eigenvalue weighted by molar-refractivity contribution is 9.10. The zero-order valence-corrected chi connectivity index (χ0v) is 12.6. The molecule has 5 nitrogen and oxygen atoms in total. The fourth-order valence-corrected chi connectivity index (χ4v) is 4.15. The molecule has 6 heteroatoms. The monoisotopic (exact) mass is 335 g/mol. The Bertz CT molecular complexity index is 740. The van der Waals surface area contributed by atoms with Crippen LogP contribution in [0, 0.1) is 0 Å². The van der Waals surface area contributed by atoms with Gasteiger partial charge in [0.1, 0.15) is 10.3 Å². The normalized spacial score (nSPS) is 24.2. The predicted octanol–water partition coefficient (Wildman–Crippen LogP) is 3.08. The van der Waals surface area contributed by atoms with Gasteiger partial charge in [0.25, 0.3) is 0 Å². The molecule has 0 aliphatic carbocycles. The van der Waals surface area contributed by atoms with Gasteiger partial charge in [0.2, 0.25) is 0 Å². The lowest BCUT2D eigenvalue weighted by Gasteiger charge is -2.33. The Morgan fingerprint density at radius 2 is 2.25 bits per heavy atom. The minimum atomic E-state index is -0.801. The second kappa shape index (κ2) is 3.97. The van der Waals surface area contributed by atoms with E-state index < -0.39 is 6.09 Å². The summed E-state index contributed by atoms with van der Waals surface area (Å²) in [6.07, 6.45) is 1.86. The second-order valence-electron chi connectivity index (χ2n) is 5.57. The summed E-state index contributed by atoms with van der Waals surface area (Å²) in [4.78, 5) is 17.7. The van der Waals surface area contributed by atoms with E-state index in [1.165, 1.54) is 11.3 Å². The van der Waals surface area contributed by atoms with Crippen LogP contribution in [-0.4, -0.2) is 31.7 Å². The van der Waals surface area contributed by atoms with Crippen molar-refractivity contribution in [2.75, 3.05) is 0 Å². The average molecular weight is 336 g/mol. The summed E-state index contributed by atoms with van der Waals surface area (Å²) in [7, 11) is 2.02. The molecule has 1 amide bonds. The Labute approximate surface area is 124 Å². The van der Waals surface area contributed by atoms with E-state index in [0.717, 1.165) is 34.9 Å². The van der Waals surface area contributed by atoms with Gasteiger partial charge in [0.05, 0.1) is 6.04 Å². The number of halogens is 1. The largest absolute Gasteiger partial charge is 0.465 e. The third-order valence-corrected chi connectivity index (χ3v) is 5.09. The molecule has 1 saturated heterocycles. The van der Waals surface area contributed by atoms with Gasteiger partial charge in [-0.1, -0.05) is 0 Å². The van der Waals surface area contributed by atoms with E-state index in [4.69, 9.17) is 0 Å². The van der Waals surface area contributed by atoms with Crippen LogP contribution in [0.1, 0.15) is 30.1 Å². The Morgan fingerprint density at radius 1 is 1.45 bits per heavy atom. The van der Waals surface area contributed by atoms with Crippen LogP contribution in [0.5, 0.6) is 0 Å². The number of rotatable bonds is 0. The molecule has 2 aromatic rings. The van der Waals surface area contributed by atoms with Gasteiger partial charge in [-0.2, -0.15) is 0 Å². The highest BCUT2D eigenvalue weighted by Gasteiger charge is 2.45. The number of carboxylic acid groups (broad SMARTS) is 1. The fraction of sp³-hybridized carbons (Fsp3) is 0.429. The SMILES string of the molecule is Cn1c2c(c3ccc(Br)nc31)C1CCC(C2)N1C(=O)O. The van der Waals surface area contributed by atoms with Gasteiger partial charge in [-0.05, 0) is 40.9 Å². The lowest BCUT2D eigenvalue weighted by molar-refractivity contribution is 0.116. The number of nitrogens with zero attached hydrogens (tertiary/aromatic N) is 3. The molecule has 0 saturated carbocycles. The molecule has 1 fully saturated rings. The summed E-state index contributed by atoms with van der Waals surface area (Å²) in [6.45, 7) is 0.